The lowest BCUT2D eigenvalue weighted by Crippen LogP contribution is -2.41. The molecule has 152 valence electrons. The SMILES string of the molecule is CCc1ccc([C@H](N[C@@H](C)C(=O)Nc2ccc(S(N)(=O)=O)cc2)C(C)C)cc1. The van der Waals surface area contributed by atoms with Gasteiger partial charge in [-0.15, -0.1) is 0 Å². The minimum Gasteiger partial charge on any atom is -0.325 e. The first-order chi connectivity index (χ1) is 13.1. The van der Waals surface area contributed by atoms with Crippen molar-refractivity contribution in [3.63, 3.8) is 0 Å². The number of carbonyl (C=O) groups excluding carboxylic acids is 1. The lowest BCUT2D eigenvalue weighted by atomic mass is 9.94. The van der Waals surface area contributed by atoms with E-state index in [0.29, 0.717) is 11.6 Å². The highest BCUT2D eigenvalue weighted by Gasteiger charge is 2.22. The zero-order valence-electron chi connectivity index (χ0n) is 16.8. The fourth-order valence-corrected chi connectivity index (χ4v) is 3.47. The number of aryl methyl sites for hydroxylation is 1. The molecule has 0 bridgehead atoms. The minimum absolute atomic E-state index is 0.00655. The Morgan fingerprint density at radius 3 is 2.04 bits per heavy atom. The summed E-state index contributed by atoms with van der Waals surface area (Å²) < 4.78 is 22.6. The van der Waals surface area contributed by atoms with Crippen molar-refractivity contribution in [3.8, 4) is 0 Å². The van der Waals surface area contributed by atoms with E-state index in [9.17, 15) is 13.2 Å². The van der Waals surface area contributed by atoms with Gasteiger partial charge in [-0.3, -0.25) is 10.1 Å². The van der Waals surface area contributed by atoms with E-state index in [0.717, 1.165) is 12.0 Å². The summed E-state index contributed by atoms with van der Waals surface area (Å²) in [4.78, 5) is 12.6. The number of primary sulfonamides is 1. The maximum atomic E-state index is 12.6. The van der Waals surface area contributed by atoms with Crippen molar-refractivity contribution in [2.45, 2.75) is 51.1 Å². The van der Waals surface area contributed by atoms with Crippen molar-refractivity contribution in [1.82, 2.24) is 5.32 Å². The van der Waals surface area contributed by atoms with Crippen molar-refractivity contribution in [1.29, 1.82) is 0 Å². The van der Waals surface area contributed by atoms with Crippen LogP contribution in [-0.2, 0) is 21.2 Å². The van der Waals surface area contributed by atoms with Gasteiger partial charge in [0.25, 0.3) is 0 Å². The number of rotatable bonds is 8. The maximum Gasteiger partial charge on any atom is 0.241 e. The first-order valence-corrected chi connectivity index (χ1v) is 10.9. The fourth-order valence-electron chi connectivity index (χ4n) is 2.96. The zero-order chi connectivity index (χ0) is 20.9. The summed E-state index contributed by atoms with van der Waals surface area (Å²) >= 11 is 0. The molecule has 2 rings (SSSR count). The van der Waals surface area contributed by atoms with Crippen LogP contribution in [0, 0.1) is 5.92 Å². The third-order valence-electron chi connectivity index (χ3n) is 4.69. The predicted molar refractivity (Wildman–Crippen MR) is 112 cm³/mol. The molecule has 7 heteroatoms. The zero-order valence-corrected chi connectivity index (χ0v) is 17.6. The molecule has 0 spiro atoms. The second-order valence-electron chi connectivity index (χ2n) is 7.26. The van der Waals surface area contributed by atoms with Crippen molar-refractivity contribution >= 4 is 21.6 Å². The van der Waals surface area contributed by atoms with Crippen LogP contribution in [0.2, 0.25) is 0 Å². The third-order valence-corrected chi connectivity index (χ3v) is 5.62. The number of carbonyl (C=O) groups is 1. The van der Waals surface area contributed by atoms with Crippen LogP contribution in [-0.4, -0.2) is 20.4 Å². The second-order valence-corrected chi connectivity index (χ2v) is 8.83. The third kappa shape index (κ3) is 5.89. The van der Waals surface area contributed by atoms with E-state index in [1.807, 2.05) is 6.92 Å². The molecular weight excluding hydrogens is 374 g/mol. The largest absolute Gasteiger partial charge is 0.325 e. The number of amides is 1. The number of nitrogens with two attached hydrogens (primary N) is 1. The average molecular weight is 404 g/mol. The molecule has 6 nitrogen and oxygen atoms in total. The Morgan fingerprint density at radius 1 is 1.00 bits per heavy atom. The van der Waals surface area contributed by atoms with Crippen LogP contribution < -0.4 is 15.8 Å². The van der Waals surface area contributed by atoms with Crippen LogP contribution >= 0.6 is 0 Å². The van der Waals surface area contributed by atoms with Gasteiger partial charge in [-0.25, -0.2) is 13.6 Å². The van der Waals surface area contributed by atoms with Crippen LogP contribution in [0.25, 0.3) is 0 Å². The summed E-state index contributed by atoms with van der Waals surface area (Å²) in [5, 5.41) is 11.3. The van der Waals surface area contributed by atoms with E-state index in [1.165, 1.54) is 29.8 Å². The van der Waals surface area contributed by atoms with E-state index in [2.05, 4.69) is 55.7 Å². The summed E-state index contributed by atoms with van der Waals surface area (Å²) in [5.41, 5.74) is 2.93. The molecule has 0 aliphatic heterocycles. The first-order valence-electron chi connectivity index (χ1n) is 9.40. The highest BCUT2D eigenvalue weighted by atomic mass is 32.2. The van der Waals surface area contributed by atoms with Crippen molar-refractivity contribution in [2.24, 2.45) is 11.1 Å². The number of hydrogen-bond acceptors (Lipinski definition) is 4. The van der Waals surface area contributed by atoms with Crippen LogP contribution in [0.4, 0.5) is 5.69 Å². The van der Waals surface area contributed by atoms with Crippen molar-refractivity contribution in [3.05, 3.63) is 59.7 Å². The molecule has 28 heavy (non-hydrogen) atoms. The van der Waals surface area contributed by atoms with Gasteiger partial charge in [0.05, 0.1) is 10.9 Å². The van der Waals surface area contributed by atoms with Gasteiger partial charge in [-0.05, 0) is 54.7 Å². The Labute approximate surface area is 167 Å². The van der Waals surface area contributed by atoms with Crippen molar-refractivity contribution < 1.29 is 13.2 Å². The van der Waals surface area contributed by atoms with Gasteiger partial charge in [0.1, 0.15) is 0 Å². The molecular formula is C21H29N3O3S. The van der Waals surface area contributed by atoms with Crippen molar-refractivity contribution in [2.75, 3.05) is 5.32 Å². The Hall–Kier alpha value is -2.22. The molecule has 0 aliphatic rings. The molecule has 2 atom stereocenters. The Bertz CT molecular complexity index is 891. The van der Waals surface area contributed by atoms with Gasteiger partial charge in [-0.1, -0.05) is 45.0 Å². The van der Waals surface area contributed by atoms with E-state index in [-0.39, 0.29) is 16.8 Å². The van der Waals surface area contributed by atoms with Gasteiger partial charge in [-0.2, -0.15) is 0 Å². The molecule has 0 saturated heterocycles. The highest BCUT2D eigenvalue weighted by molar-refractivity contribution is 7.89. The minimum atomic E-state index is -3.75. The summed E-state index contributed by atoms with van der Waals surface area (Å²) in [6.07, 6.45) is 0.989. The van der Waals surface area contributed by atoms with E-state index >= 15 is 0 Å². The highest BCUT2D eigenvalue weighted by Crippen LogP contribution is 2.23. The molecule has 0 fully saturated rings. The Kier molecular flexibility index (Phi) is 7.35. The van der Waals surface area contributed by atoms with E-state index in [4.69, 9.17) is 5.14 Å². The molecule has 0 aromatic heterocycles. The second kappa shape index (κ2) is 9.32. The van der Waals surface area contributed by atoms with Gasteiger partial charge >= 0.3 is 0 Å². The first kappa shape index (κ1) is 22.1. The van der Waals surface area contributed by atoms with E-state index in [1.54, 1.807) is 0 Å². The van der Waals surface area contributed by atoms with Gasteiger partial charge in [0.15, 0.2) is 0 Å². The molecule has 4 N–H and O–H groups in total. The molecule has 0 unspecified atom stereocenters. The normalized spacial score (nSPS) is 13.9. The quantitative estimate of drug-likeness (QED) is 0.630. The molecule has 2 aromatic carbocycles. The number of benzene rings is 2. The molecule has 0 aliphatic carbocycles. The number of sulfonamides is 1. The molecule has 0 heterocycles. The number of hydrogen-bond donors (Lipinski definition) is 3. The number of nitrogens with one attached hydrogen (secondary N) is 2. The van der Waals surface area contributed by atoms with Crippen LogP contribution in [0.5, 0.6) is 0 Å². The van der Waals surface area contributed by atoms with Crippen LogP contribution in [0.1, 0.15) is 44.9 Å². The van der Waals surface area contributed by atoms with Gasteiger partial charge in [0, 0.05) is 11.7 Å². The monoisotopic (exact) mass is 403 g/mol. The molecule has 0 radical (unpaired) electrons. The maximum absolute atomic E-state index is 12.6. The van der Waals surface area contributed by atoms with Gasteiger partial charge in [0.2, 0.25) is 15.9 Å². The summed E-state index contributed by atoms with van der Waals surface area (Å²) in [6, 6.07) is 13.8. The van der Waals surface area contributed by atoms with Crippen LogP contribution in [0.3, 0.4) is 0 Å². The predicted octanol–water partition coefficient (Wildman–Crippen LogP) is 3.21. The Morgan fingerprint density at radius 2 is 1.57 bits per heavy atom. The summed E-state index contributed by atoms with van der Waals surface area (Å²) in [6.45, 7) is 8.16. The lowest BCUT2D eigenvalue weighted by molar-refractivity contribution is -0.118. The number of anilines is 1. The molecule has 0 saturated carbocycles. The fraction of sp³-hybridized carbons (Fsp3) is 0.381. The Balaban J connectivity index is 2.06. The smallest absolute Gasteiger partial charge is 0.241 e. The van der Waals surface area contributed by atoms with Gasteiger partial charge < -0.3 is 5.32 Å². The topological polar surface area (TPSA) is 101 Å². The average Bonchev–Trinajstić information content (AvgIpc) is 2.65. The standard InChI is InChI=1S/C21H29N3O3S/c1-5-16-6-8-17(9-7-16)20(14(2)3)23-15(4)21(25)24-18-10-12-19(13-11-18)28(22,26)27/h6-15,20,23H,5H2,1-4H3,(H,24,25)(H2,22,26,27)/t15-,20+/m0/s1. The summed E-state index contributed by atoms with van der Waals surface area (Å²) in [7, 11) is -3.75. The van der Waals surface area contributed by atoms with Crippen LogP contribution in [0.15, 0.2) is 53.4 Å². The molecule has 1 amide bonds. The molecule has 2 aromatic rings. The van der Waals surface area contributed by atoms with E-state index < -0.39 is 16.1 Å². The summed E-state index contributed by atoms with van der Waals surface area (Å²) in [5.74, 6) is 0.107. The lowest BCUT2D eigenvalue weighted by Gasteiger charge is -2.26.